The van der Waals surface area contributed by atoms with E-state index in [1.54, 1.807) is 18.2 Å². The number of rotatable bonds is 3. The SMILES string of the molecule is COCc1nn(-c2cccc(Cl)c2)c(Cl)c1C#N. The Hall–Kier alpha value is -1.54. The molecule has 0 radical (unpaired) electrons. The Morgan fingerprint density at radius 2 is 2.22 bits per heavy atom. The number of methoxy groups -OCH3 is 1. The van der Waals surface area contributed by atoms with E-state index in [1.165, 1.54) is 11.8 Å². The highest BCUT2D eigenvalue weighted by molar-refractivity contribution is 6.31. The lowest BCUT2D eigenvalue weighted by Crippen LogP contribution is -1.97. The van der Waals surface area contributed by atoms with Crippen molar-refractivity contribution in [1.82, 2.24) is 9.78 Å². The molecule has 0 unspecified atom stereocenters. The van der Waals surface area contributed by atoms with Gasteiger partial charge in [0.25, 0.3) is 0 Å². The Kier molecular flexibility index (Phi) is 3.87. The first-order valence-corrected chi connectivity index (χ1v) is 5.85. The van der Waals surface area contributed by atoms with Gasteiger partial charge in [-0.1, -0.05) is 29.3 Å². The Morgan fingerprint density at radius 3 is 2.83 bits per heavy atom. The molecule has 0 bridgehead atoms. The molecule has 1 heterocycles. The smallest absolute Gasteiger partial charge is 0.151 e. The molecule has 0 aliphatic rings. The topological polar surface area (TPSA) is 50.8 Å². The third-order valence-corrected chi connectivity index (χ3v) is 2.93. The molecule has 1 aromatic heterocycles. The monoisotopic (exact) mass is 281 g/mol. The number of hydrogen-bond acceptors (Lipinski definition) is 3. The third kappa shape index (κ3) is 2.34. The minimum Gasteiger partial charge on any atom is -0.378 e. The first kappa shape index (κ1) is 12.9. The van der Waals surface area contributed by atoms with Gasteiger partial charge < -0.3 is 4.74 Å². The number of nitriles is 1. The second-order valence-corrected chi connectivity index (χ2v) is 4.34. The van der Waals surface area contributed by atoms with Crippen LogP contribution in [-0.2, 0) is 11.3 Å². The fraction of sp³-hybridized carbons (Fsp3) is 0.167. The molecule has 0 spiro atoms. The molecule has 2 rings (SSSR count). The van der Waals surface area contributed by atoms with Crippen LogP contribution in [0.25, 0.3) is 5.69 Å². The molecule has 0 amide bonds. The van der Waals surface area contributed by atoms with Gasteiger partial charge in [0.1, 0.15) is 17.3 Å². The standard InChI is InChI=1S/C12H9Cl2N3O/c1-18-7-11-10(6-15)12(14)17(16-11)9-4-2-3-8(13)5-9/h2-5H,7H2,1H3. The van der Waals surface area contributed by atoms with E-state index in [0.717, 1.165) is 0 Å². The number of nitrogens with zero attached hydrogens (tertiary/aromatic N) is 3. The number of hydrogen-bond donors (Lipinski definition) is 0. The first-order chi connectivity index (χ1) is 8.67. The third-order valence-electron chi connectivity index (χ3n) is 2.35. The van der Waals surface area contributed by atoms with Crippen LogP contribution in [0.4, 0.5) is 0 Å². The fourth-order valence-corrected chi connectivity index (χ4v) is 2.04. The highest BCUT2D eigenvalue weighted by Crippen LogP contribution is 2.24. The van der Waals surface area contributed by atoms with E-state index in [1.807, 2.05) is 12.1 Å². The summed E-state index contributed by atoms with van der Waals surface area (Å²) in [6.07, 6.45) is 0. The number of ether oxygens (including phenoxy) is 1. The van der Waals surface area contributed by atoms with E-state index in [9.17, 15) is 0 Å². The number of aromatic nitrogens is 2. The summed E-state index contributed by atoms with van der Waals surface area (Å²) in [4.78, 5) is 0. The maximum atomic E-state index is 9.07. The number of halogens is 2. The van der Waals surface area contributed by atoms with Crippen molar-refractivity contribution in [2.45, 2.75) is 6.61 Å². The summed E-state index contributed by atoms with van der Waals surface area (Å²) in [5.41, 5.74) is 1.52. The summed E-state index contributed by atoms with van der Waals surface area (Å²) in [5.74, 6) is 0. The average Bonchev–Trinajstić information content (AvgIpc) is 2.66. The zero-order valence-electron chi connectivity index (χ0n) is 9.52. The molecule has 0 saturated heterocycles. The fourth-order valence-electron chi connectivity index (χ4n) is 1.57. The summed E-state index contributed by atoms with van der Waals surface area (Å²) >= 11 is 12.0. The van der Waals surface area contributed by atoms with Gasteiger partial charge in [0, 0.05) is 12.1 Å². The van der Waals surface area contributed by atoms with Crippen LogP contribution in [0.2, 0.25) is 10.2 Å². The van der Waals surface area contributed by atoms with Crippen molar-refractivity contribution in [3.63, 3.8) is 0 Å². The van der Waals surface area contributed by atoms with Gasteiger partial charge in [-0.2, -0.15) is 10.4 Å². The van der Waals surface area contributed by atoms with E-state index in [-0.39, 0.29) is 11.8 Å². The summed E-state index contributed by atoms with van der Waals surface area (Å²) in [7, 11) is 1.54. The summed E-state index contributed by atoms with van der Waals surface area (Å²) in [6, 6.07) is 9.10. The predicted molar refractivity (Wildman–Crippen MR) is 69.0 cm³/mol. The molecular weight excluding hydrogens is 273 g/mol. The molecule has 0 N–H and O–H groups in total. The Bertz CT molecular complexity index is 616. The van der Waals surface area contributed by atoms with Crippen LogP contribution in [0.1, 0.15) is 11.3 Å². The first-order valence-electron chi connectivity index (χ1n) is 5.09. The van der Waals surface area contributed by atoms with Gasteiger partial charge >= 0.3 is 0 Å². The predicted octanol–water partition coefficient (Wildman–Crippen LogP) is 3.20. The van der Waals surface area contributed by atoms with Crippen molar-refractivity contribution in [1.29, 1.82) is 5.26 Å². The minimum absolute atomic E-state index is 0.232. The molecule has 0 aliphatic carbocycles. The van der Waals surface area contributed by atoms with Crippen molar-refractivity contribution in [3.8, 4) is 11.8 Å². The molecule has 1 aromatic carbocycles. The highest BCUT2D eigenvalue weighted by Gasteiger charge is 2.17. The lowest BCUT2D eigenvalue weighted by molar-refractivity contribution is 0.181. The molecular formula is C12H9Cl2N3O. The van der Waals surface area contributed by atoms with Crippen LogP contribution in [0.3, 0.4) is 0 Å². The second-order valence-electron chi connectivity index (χ2n) is 3.55. The number of benzene rings is 1. The summed E-state index contributed by atoms with van der Waals surface area (Å²) in [5, 5.41) is 14.2. The van der Waals surface area contributed by atoms with E-state index < -0.39 is 0 Å². The van der Waals surface area contributed by atoms with Gasteiger partial charge in [-0.15, -0.1) is 0 Å². The maximum Gasteiger partial charge on any atom is 0.151 e. The van der Waals surface area contributed by atoms with Gasteiger partial charge in [0.15, 0.2) is 5.15 Å². The van der Waals surface area contributed by atoms with E-state index in [2.05, 4.69) is 5.10 Å². The molecule has 92 valence electrons. The van der Waals surface area contributed by atoms with Crippen LogP contribution in [0, 0.1) is 11.3 Å². The molecule has 0 saturated carbocycles. The zero-order valence-corrected chi connectivity index (χ0v) is 11.0. The summed E-state index contributed by atoms with van der Waals surface area (Å²) < 4.78 is 6.46. The van der Waals surface area contributed by atoms with Gasteiger partial charge in [-0.3, -0.25) is 0 Å². The molecule has 0 atom stereocenters. The average molecular weight is 282 g/mol. The molecule has 4 nitrogen and oxygen atoms in total. The normalized spacial score (nSPS) is 10.3. The van der Waals surface area contributed by atoms with Crippen molar-refractivity contribution in [2.24, 2.45) is 0 Å². The Balaban J connectivity index is 2.56. The highest BCUT2D eigenvalue weighted by atomic mass is 35.5. The maximum absolute atomic E-state index is 9.07. The van der Waals surface area contributed by atoms with E-state index >= 15 is 0 Å². The molecule has 18 heavy (non-hydrogen) atoms. The molecule has 2 aromatic rings. The van der Waals surface area contributed by atoms with Crippen molar-refractivity contribution >= 4 is 23.2 Å². The van der Waals surface area contributed by atoms with Crippen molar-refractivity contribution in [2.75, 3.05) is 7.11 Å². The molecule has 0 aliphatic heterocycles. The van der Waals surface area contributed by atoms with Gasteiger partial charge in [0.05, 0.1) is 12.3 Å². The largest absolute Gasteiger partial charge is 0.378 e. The second kappa shape index (κ2) is 5.40. The molecule has 6 heteroatoms. The van der Waals surface area contributed by atoms with Crippen LogP contribution < -0.4 is 0 Å². The Labute approximate surface area is 114 Å². The minimum atomic E-state index is 0.232. The molecule has 0 fully saturated rings. The van der Waals surface area contributed by atoms with E-state index in [0.29, 0.717) is 22.0 Å². The van der Waals surface area contributed by atoms with Gasteiger partial charge in [-0.25, -0.2) is 4.68 Å². The van der Waals surface area contributed by atoms with Gasteiger partial charge in [-0.05, 0) is 18.2 Å². The quantitative estimate of drug-likeness (QED) is 0.868. The van der Waals surface area contributed by atoms with Gasteiger partial charge in [0.2, 0.25) is 0 Å². The lowest BCUT2D eigenvalue weighted by Gasteiger charge is -2.02. The summed E-state index contributed by atoms with van der Waals surface area (Å²) in [6.45, 7) is 0.232. The van der Waals surface area contributed by atoms with Crippen LogP contribution in [-0.4, -0.2) is 16.9 Å². The zero-order chi connectivity index (χ0) is 13.1. The van der Waals surface area contributed by atoms with Crippen molar-refractivity contribution in [3.05, 3.63) is 45.7 Å². The Morgan fingerprint density at radius 1 is 1.44 bits per heavy atom. The lowest BCUT2D eigenvalue weighted by atomic mass is 10.3. The van der Waals surface area contributed by atoms with Crippen LogP contribution in [0.15, 0.2) is 24.3 Å². The van der Waals surface area contributed by atoms with Crippen LogP contribution >= 0.6 is 23.2 Å². The van der Waals surface area contributed by atoms with E-state index in [4.69, 9.17) is 33.2 Å². The van der Waals surface area contributed by atoms with Crippen molar-refractivity contribution < 1.29 is 4.74 Å². The van der Waals surface area contributed by atoms with Crippen LogP contribution in [0.5, 0.6) is 0 Å².